The number of hydrogen-bond donors (Lipinski definition) is 1. The van der Waals surface area contributed by atoms with Gasteiger partial charge in [-0.3, -0.25) is 4.40 Å². The van der Waals surface area contributed by atoms with Crippen molar-refractivity contribution in [2.24, 2.45) is 5.92 Å². The second-order valence-corrected chi connectivity index (χ2v) is 4.24. The van der Waals surface area contributed by atoms with Crippen molar-refractivity contribution in [2.75, 3.05) is 5.32 Å². The standard InChI is InChI=1S/C11H17N5/c1-4-9(8(2)3)14-10-11-15-13-7-16(11)6-5-12-10/h5-9H,4H2,1-3H3,(H,12,14). The van der Waals surface area contributed by atoms with E-state index in [1.807, 2.05) is 10.6 Å². The summed E-state index contributed by atoms with van der Waals surface area (Å²) in [6.07, 6.45) is 6.34. The van der Waals surface area contributed by atoms with Gasteiger partial charge in [-0.1, -0.05) is 20.8 Å². The van der Waals surface area contributed by atoms with Crippen LogP contribution in [0.3, 0.4) is 0 Å². The second kappa shape index (κ2) is 4.47. The van der Waals surface area contributed by atoms with Crippen LogP contribution in [0.25, 0.3) is 5.65 Å². The Morgan fingerprint density at radius 2 is 2.25 bits per heavy atom. The molecule has 0 fully saturated rings. The molecule has 1 unspecified atom stereocenters. The van der Waals surface area contributed by atoms with Crippen molar-refractivity contribution in [2.45, 2.75) is 33.2 Å². The van der Waals surface area contributed by atoms with Crippen molar-refractivity contribution < 1.29 is 0 Å². The van der Waals surface area contributed by atoms with Crippen LogP contribution in [0.4, 0.5) is 5.82 Å². The second-order valence-electron chi connectivity index (χ2n) is 4.24. The molecule has 5 nitrogen and oxygen atoms in total. The Labute approximate surface area is 94.9 Å². The van der Waals surface area contributed by atoms with E-state index in [9.17, 15) is 0 Å². The van der Waals surface area contributed by atoms with Crippen LogP contribution in [0, 0.1) is 5.92 Å². The summed E-state index contributed by atoms with van der Waals surface area (Å²) < 4.78 is 1.86. The molecule has 2 heterocycles. The molecular weight excluding hydrogens is 202 g/mol. The van der Waals surface area contributed by atoms with Gasteiger partial charge >= 0.3 is 0 Å². The lowest BCUT2D eigenvalue weighted by molar-refractivity contribution is 0.510. The van der Waals surface area contributed by atoms with Crippen molar-refractivity contribution in [3.8, 4) is 0 Å². The van der Waals surface area contributed by atoms with E-state index in [1.54, 1.807) is 12.5 Å². The molecule has 2 rings (SSSR count). The van der Waals surface area contributed by atoms with Crippen LogP contribution in [0.2, 0.25) is 0 Å². The first-order valence-corrected chi connectivity index (χ1v) is 5.63. The van der Waals surface area contributed by atoms with Gasteiger partial charge in [0.05, 0.1) is 0 Å². The Morgan fingerprint density at radius 1 is 1.44 bits per heavy atom. The summed E-state index contributed by atoms with van der Waals surface area (Å²) in [4.78, 5) is 4.31. The quantitative estimate of drug-likeness (QED) is 0.854. The van der Waals surface area contributed by atoms with Gasteiger partial charge in [0.1, 0.15) is 6.33 Å². The molecule has 0 saturated heterocycles. The Hall–Kier alpha value is -1.65. The van der Waals surface area contributed by atoms with E-state index in [-0.39, 0.29) is 0 Å². The van der Waals surface area contributed by atoms with Gasteiger partial charge in [-0.25, -0.2) is 4.98 Å². The third-order valence-electron chi connectivity index (χ3n) is 2.78. The van der Waals surface area contributed by atoms with Gasteiger partial charge in [-0.15, -0.1) is 10.2 Å². The molecule has 0 aliphatic heterocycles. The first-order chi connectivity index (χ1) is 7.72. The Morgan fingerprint density at radius 3 is 2.94 bits per heavy atom. The Bertz CT molecular complexity index is 462. The molecule has 0 amide bonds. The number of fused-ring (bicyclic) bond motifs is 1. The smallest absolute Gasteiger partial charge is 0.203 e. The Balaban J connectivity index is 2.29. The summed E-state index contributed by atoms with van der Waals surface area (Å²) in [5, 5.41) is 11.3. The zero-order chi connectivity index (χ0) is 11.5. The van der Waals surface area contributed by atoms with E-state index in [2.05, 4.69) is 41.3 Å². The molecule has 0 saturated carbocycles. The third-order valence-corrected chi connectivity index (χ3v) is 2.78. The van der Waals surface area contributed by atoms with Crippen LogP contribution >= 0.6 is 0 Å². The molecule has 5 heteroatoms. The largest absolute Gasteiger partial charge is 0.364 e. The Kier molecular flexibility index (Phi) is 3.03. The van der Waals surface area contributed by atoms with Crippen LogP contribution in [0.15, 0.2) is 18.7 Å². The van der Waals surface area contributed by atoms with Crippen molar-refractivity contribution >= 4 is 11.5 Å². The minimum atomic E-state index is 0.412. The molecule has 86 valence electrons. The summed E-state index contributed by atoms with van der Waals surface area (Å²) in [5.41, 5.74) is 0.779. The monoisotopic (exact) mass is 219 g/mol. The number of aromatic nitrogens is 4. The summed E-state index contributed by atoms with van der Waals surface area (Å²) in [7, 11) is 0. The van der Waals surface area contributed by atoms with Crippen LogP contribution in [-0.2, 0) is 0 Å². The highest BCUT2D eigenvalue weighted by Gasteiger charge is 2.13. The van der Waals surface area contributed by atoms with Crippen molar-refractivity contribution in [1.29, 1.82) is 0 Å². The maximum absolute atomic E-state index is 4.31. The van der Waals surface area contributed by atoms with Gasteiger partial charge in [-0.2, -0.15) is 0 Å². The highest BCUT2D eigenvalue weighted by atomic mass is 15.2. The van der Waals surface area contributed by atoms with E-state index in [4.69, 9.17) is 0 Å². The number of hydrogen-bond acceptors (Lipinski definition) is 4. The van der Waals surface area contributed by atoms with Crippen LogP contribution < -0.4 is 5.32 Å². The molecule has 0 aromatic carbocycles. The van der Waals surface area contributed by atoms with E-state index >= 15 is 0 Å². The fraction of sp³-hybridized carbons (Fsp3) is 0.545. The SMILES string of the molecule is CCC(Nc1nccn2cnnc12)C(C)C. The molecule has 0 radical (unpaired) electrons. The normalized spacial score (nSPS) is 13.2. The maximum Gasteiger partial charge on any atom is 0.203 e. The van der Waals surface area contributed by atoms with Crippen molar-refractivity contribution in [3.05, 3.63) is 18.7 Å². The average Bonchev–Trinajstić information content (AvgIpc) is 2.73. The average molecular weight is 219 g/mol. The molecule has 0 aliphatic rings. The highest BCUT2D eigenvalue weighted by Crippen LogP contribution is 2.16. The summed E-state index contributed by atoms with van der Waals surface area (Å²) in [5.74, 6) is 1.37. The van der Waals surface area contributed by atoms with Crippen molar-refractivity contribution in [1.82, 2.24) is 19.6 Å². The van der Waals surface area contributed by atoms with E-state index in [0.29, 0.717) is 12.0 Å². The van der Waals surface area contributed by atoms with Crippen LogP contribution in [0.5, 0.6) is 0 Å². The first kappa shape index (κ1) is 10.9. The molecule has 2 aromatic heterocycles. The van der Waals surface area contributed by atoms with E-state index in [0.717, 1.165) is 17.9 Å². The zero-order valence-electron chi connectivity index (χ0n) is 9.88. The number of rotatable bonds is 4. The van der Waals surface area contributed by atoms with Gasteiger partial charge in [0, 0.05) is 18.4 Å². The number of anilines is 1. The molecule has 2 aromatic rings. The molecule has 0 spiro atoms. The molecule has 16 heavy (non-hydrogen) atoms. The molecule has 1 N–H and O–H groups in total. The predicted octanol–water partition coefficient (Wildman–Crippen LogP) is 1.97. The first-order valence-electron chi connectivity index (χ1n) is 5.63. The minimum Gasteiger partial charge on any atom is -0.364 e. The van der Waals surface area contributed by atoms with Crippen LogP contribution in [-0.4, -0.2) is 25.6 Å². The van der Waals surface area contributed by atoms with Crippen LogP contribution in [0.1, 0.15) is 27.2 Å². The molecule has 1 atom stereocenters. The maximum atomic E-state index is 4.31. The van der Waals surface area contributed by atoms with Gasteiger partial charge in [0.15, 0.2) is 5.82 Å². The molecule has 0 bridgehead atoms. The lowest BCUT2D eigenvalue weighted by Gasteiger charge is -2.21. The van der Waals surface area contributed by atoms with E-state index in [1.165, 1.54) is 0 Å². The fourth-order valence-electron chi connectivity index (χ4n) is 1.78. The summed E-state index contributed by atoms with van der Waals surface area (Å²) in [6.45, 7) is 6.57. The predicted molar refractivity (Wildman–Crippen MR) is 63.3 cm³/mol. The molecular formula is C11H17N5. The van der Waals surface area contributed by atoms with Gasteiger partial charge in [-0.05, 0) is 12.3 Å². The lowest BCUT2D eigenvalue weighted by atomic mass is 10.0. The fourth-order valence-corrected chi connectivity index (χ4v) is 1.78. The highest BCUT2D eigenvalue weighted by molar-refractivity contribution is 5.61. The number of nitrogens with zero attached hydrogens (tertiary/aromatic N) is 4. The summed E-state index contributed by atoms with van der Waals surface area (Å²) >= 11 is 0. The number of nitrogens with one attached hydrogen (secondary N) is 1. The zero-order valence-corrected chi connectivity index (χ0v) is 9.88. The lowest BCUT2D eigenvalue weighted by Crippen LogP contribution is -2.25. The third kappa shape index (κ3) is 1.98. The van der Waals surface area contributed by atoms with E-state index < -0.39 is 0 Å². The topological polar surface area (TPSA) is 55.1 Å². The summed E-state index contributed by atoms with van der Waals surface area (Å²) in [6, 6.07) is 0.412. The van der Waals surface area contributed by atoms with Crippen molar-refractivity contribution in [3.63, 3.8) is 0 Å². The van der Waals surface area contributed by atoms with Gasteiger partial charge in [0.2, 0.25) is 5.65 Å². The minimum absolute atomic E-state index is 0.412. The molecule has 0 aliphatic carbocycles. The van der Waals surface area contributed by atoms with Gasteiger partial charge < -0.3 is 5.32 Å². The van der Waals surface area contributed by atoms with Gasteiger partial charge in [0.25, 0.3) is 0 Å².